The Hall–Kier alpha value is -2.31. The summed E-state index contributed by atoms with van der Waals surface area (Å²) in [6.07, 6.45) is 3.53. The number of amides is 3. The maximum Gasteiger partial charge on any atom is 0.325 e. The molecule has 3 amide bonds. The van der Waals surface area contributed by atoms with E-state index in [0.717, 1.165) is 36.8 Å². The Morgan fingerprint density at radius 1 is 0.861 bits per heavy atom. The summed E-state index contributed by atoms with van der Waals surface area (Å²) in [6.45, 7) is 9.63. The molecule has 1 heterocycles. The first-order chi connectivity index (χ1) is 17.3. The van der Waals surface area contributed by atoms with Crippen molar-refractivity contribution in [3.63, 3.8) is 0 Å². The fourth-order valence-electron chi connectivity index (χ4n) is 4.77. The molecule has 0 spiro atoms. The Morgan fingerprint density at radius 2 is 1.39 bits per heavy atom. The number of carbonyl (C=O) groups excluding carboxylic acids is 2. The zero-order valence-electron chi connectivity index (χ0n) is 22.1. The number of imide groups is 1. The van der Waals surface area contributed by atoms with Crippen molar-refractivity contribution in [3.05, 3.63) is 71.8 Å². The number of hydrogen-bond donors (Lipinski definition) is 1. The predicted octanol–water partition coefficient (Wildman–Crippen LogP) is 6.05. The Labute approximate surface area is 217 Å². The molecule has 1 atom stereocenters. The highest BCUT2D eigenvalue weighted by molar-refractivity contribution is 7.44. The number of nitrogens with one attached hydrogen (secondary N) is 1. The normalized spacial score (nSPS) is 16.3. The van der Waals surface area contributed by atoms with Gasteiger partial charge in [0.25, 0.3) is 14.4 Å². The average molecular weight is 514 g/mol. The molecule has 196 valence electrons. The lowest BCUT2D eigenvalue weighted by Gasteiger charge is -2.34. The van der Waals surface area contributed by atoms with E-state index in [1.807, 2.05) is 60.7 Å². The van der Waals surface area contributed by atoms with Crippen LogP contribution < -0.4 is 5.32 Å². The van der Waals surface area contributed by atoms with E-state index in [1.54, 1.807) is 7.11 Å². The Bertz CT molecular complexity index is 924. The molecule has 7 nitrogen and oxygen atoms in total. The van der Waals surface area contributed by atoms with E-state index in [2.05, 4.69) is 37.7 Å². The molecule has 0 bridgehead atoms. The average Bonchev–Trinajstić information content (AvgIpc) is 3.13. The molecule has 2 aromatic rings. The van der Waals surface area contributed by atoms with Gasteiger partial charge in [-0.2, -0.15) is 0 Å². The molecule has 1 unspecified atom stereocenters. The summed E-state index contributed by atoms with van der Waals surface area (Å²) < 4.78 is 13.9. The minimum absolute atomic E-state index is 0.221. The van der Waals surface area contributed by atoms with Crippen LogP contribution in [-0.4, -0.2) is 53.9 Å². The number of unbranched alkanes of at least 4 members (excludes halogenated alkanes) is 3. The largest absolute Gasteiger partial charge is 0.325 e. The van der Waals surface area contributed by atoms with Crippen LogP contribution in [0.3, 0.4) is 0 Å². The topological polar surface area (TPSA) is 71.1 Å². The van der Waals surface area contributed by atoms with Crippen LogP contribution in [0.5, 0.6) is 0 Å². The third kappa shape index (κ3) is 6.33. The highest BCUT2D eigenvalue weighted by Gasteiger charge is 2.53. The second kappa shape index (κ2) is 13.3. The van der Waals surface area contributed by atoms with Crippen molar-refractivity contribution in [2.45, 2.75) is 71.0 Å². The lowest BCUT2D eigenvalue weighted by Crippen LogP contribution is -2.45. The molecule has 3 rings (SSSR count). The van der Waals surface area contributed by atoms with Crippen LogP contribution in [0.15, 0.2) is 60.7 Å². The number of nitrogens with zero attached hydrogens (tertiary/aromatic N) is 2. The molecule has 1 N–H and O–H groups in total. The maximum atomic E-state index is 13.7. The van der Waals surface area contributed by atoms with Crippen molar-refractivity contribution in [1.82, 2.24) is 14.9 Å². The fraction of sp³-hybridized carbons (Fsp3) is 0.500. The van der Waals surface area contributed by atoms with Crippen molar-refractivity contribution < 1.29 is 18.6 Å². The van der Waals surface area contributed by atoms with Crippen LogP contribution in [-0.2, 0) is 19.4 Å². The van der Waals surface area contributed by atoms with E-state index in [1.165, 1.54) is 4.90 Å². The van der Waals surface area contributed by atoms with Gasteiger partial charge in [-0.1, -0.05) is 73.5 Å². The molecule has 8 heteroatoms. The number of urea groups is 1. The standard InChI is InChI=1S/C28H40N3O4P/c1-22(2)31(23(3)4)36(34-5)35-21-15-7-6-14-20-30-26(32)28(29-27(30)33,24-16-10-8-11-17-24)25-18-12-9-13-19-25/h8-13,16-19,22-23H,6-7,14-15,20-21H2,1-5H3,(H,29,33). The monoisotopic (exact) mass is 513 g/mol. The first kappa shape index (κ1) is 28.3. The molecule has 2 aromatic carbocycles. The first-order valence-electron chi connectivity index (χ1n) is 12.8. The molecule has 1 saturated heterocycles. The predicted molar refractivity (Wildman–Crippen MR) is 144 cm³/mol. The van der Waals surface area contributed by atoms with Crippen LogP contribution in [0.4, 0.5) is 4.79 Å². The maximum absolute atomic E-state index is 13.7. The molecule has 1 aliphatic heterocycles. The zero-order valence-corrected chi connectivity index (χ0v) is 23.0. The molecule has 0 aromatic heterocycles. The highest BCUT2D eigenvalue weighted by Crippen LogP contribution is 2.45. The van der Waals surface area contributed by atoms with Gasteiger partial charge in [0, 0.05) is 25.7 Å². The summed E-state index contributed by atoms with van der Waals surface area (Å²) in [5.74, 6) is -0.221. The lowest BCUT2D eigenvalue weighted by molar-refractivity contribution is -0.130. The van der Waals surface area contributed by atoms with Crippen molar-refractivity contribution >= 4 is 20.5 Å². The van der Waals surface area contributed by atoms with E-state index >= 15 is 0 Å². The van der Waals surface area contributed by atoms with Crippen molar-refractivity contribution in [2.75, 3.05) is 20.3 Å². The van der Waals surface area contributed by atoms with Gasteiger partial charge in [-0.3, -0.25) is 9.69 Å². The van der Waals surface area contributed by atoms with E-state index in [9.17, 15) is 9.59 Å². The molecule has 0 radical (unpaired) electrons. The number of benzene rings is 2. The summed E-state index contributed by atoms with van der Waals surface area (Å²) in [4.78, 5) is 28.0. The van der Waals surface area contributed by atoms with E-state index in [-0.39, 0.29) is 11.9 Å². The summed E-state index contributed by atoms with van der Waals surface area (Å²) >= 11 is 0. The second-order valence-electron chi connectivity index (χ2n) is 9.60. The Kier molecular flexibility index (Phi) is 10.4. The molecule has 0 saturated carbocycles. The lowest BCUT2D eigenvalue weighted by atomic mass is 9.82. The van der Waals surface area contributed by atoms with Gasteiger partial charge < -0.3 is 14.4 Å². The van der Waals surface area contributed by atoms with Gasteiger partial charge in [0.05, 0.1) is 6.61 Å². The van der Waals surface area contributed by atoms with E-state index in [4.69, 9.17) is 9.05 Å². The van der Waals surface area contributed by atoms with E-state index < -0.39 is 14.1 Å². The summed E-state index contributed by atoms with van der Waals surface area (Å²) in [7, 11) is 0.629. The Balaban J connectivity index is 1.53. The minimum atomic E-state index is -1.19. The van der Waals surface area contributed by atoms with E-state index in [0.29, 0.717) is 25.2 Å². The molecule has 1 fully saturated rings. The van der Waals surface area contributed by atoms with Crippen molar-refractivity contribution in [3.8, 4) is 0 Å². The van der Waals surface area contributed by atoms with Crippen molar-refractivity contribution in [1.29, 1.82) is 0 Å². The van der Waals surface area contributed by atoms with Crippen LogP contribution in [0.2, 0.25) is 0 Å². The number of rotatable bonds is 14. The smallest absolute Gasteiger partial charge is 0.325 e. The third-order valence-electron chi connectivity index (χ3n) is 6.40. The molecular formula is C28H40N3O4P. The van der Waals surface area contributed by atoms with Gasteiger partial charge in [-0.25, -0.2) is 9.46 Å². The molecule has 36 heavy (non-hydrogen) atoms. The van der Waals surface area contributed by atoms with Gasteiger partial charge in [0.15, 0.2) is 5.54 Å². The zero-order chi connectivity index (χ0) is 26.1. The van der Waals surface area contributed by atoms with Gasteiger partial charge >= 0.3 is 6.03 Å². The van der Waals surface area contributed by atoms with Crippen LogP contribution in [0, 0.1) is 0 Å². The highest BCUT2D eigenvalue weighted by atomic mass is 31.2. The quantitative estimate of drug-likeness (QED) is 0.189. The number of hydrogen-bond acceptors (Lipinski definition) is 5. The fourth-order valence-corrected chi connectivity index (χ4v) is 6.24. The first-order valence-corrected chi connectivity index (χ1v) is 14.0. The molecule has 0 aliphatic carbocycles. The van der Waals surface area contributed by atoms with Crippen molar-refractivity contribution in [2.24, 2.45) is 0 Å². The SMILES string of the molecule is COP(OCCCCCCN1C(=O)NC(c2ccccc2)(c2ccccc2)C1=O)N(C(C)C)C(C)C. The third-order valence-corrected chi connectivity index (χ3v) is 8.42. The van der Waals surface area contributed by atoms with Gasteiger partial charge in [0.2, 0.25) is 0 Å². The van der Waals surface area contributed by atoms with Crippen LogP contribution in [0.25, 0.3) is 0 Å². The van der Waals surface area contributed by atoms with Gasteiger partial charge in [-0.05, 0) is 51.7 Å². The summed E-state index contributed by atoms with van der Waals surface area (Å²) in [5.41, 5.74) is 0.338. The summed E-state index contributed by atoms with van der Waals surface area (Å²) in [6, 6.07) is 19.3. The van der Waals surface area contributed by atoms with Gasteiger partial charge in [0.1, 0.15) is 0 Å². The van der Waals surface area contributed by atoms with Crippen LogP contribution >= 0.6 is 8.53 Å². The number of carbonyl (C=O) groups is 2. The minimum Gasteiger partial charge on any atom is -0.325 e. The van der Waals surface area contributed by atoms with Gasteiger partial charge in [-0.15, -0.1) is 0 Å². The molecular weight excluding hydrogens is 473 g/mol. The second-order valence-corrected chi connectivity index (χ2v) is 11.2. The van der Waals surface area contributed by atoms with Crippen LogP contribution in [0.1, 0.15) is 64.5 Å². The summed E-state index contributed by atoms with van der Waals surface area (Å²) in [5, 5.41) is 3.01. The Morgan fingerprint density at radius 3 is 1.89 bits per heavy atom. The molecule has 1 aliphatic rings.